The van der Waals surface area contributed by atoms with Gasteiger partial charge >= 0.3 is 0 Å². The Labute approximate surface area is 253 Å². The van der Waals surface area contributed by atoms with Crippen LogP contribution < -0.4 is 10.6 Å². The van der Waals surface area contributed by atoms with E-state index in [-0.39, 0.29) is 12.4 Å². The van der Waals surface area contributed by atoms with Crippen molar-refractivity contribution in [2.75, 3.05) is 27.2 Å². The SMILES string of the molecule is CNCCCC1c2ccccc2C=Cc2ccccc21.CNCCCC1c2ccccc2C=Cc2ccccc21.Cl. The van der Waals surface area contributed by atoms with Gasteiger partial charge in [0.2, 0.25) is 0 Å². The van der Waals surface area contributed by atoms with E-state index in [0.717, 1.165) is 13.1 Å². The fourth-order valence-corrected chi connectivity index (χ4v) is 6.20. The van der Waals surface area contributed by atoms with Crippen LogP contribution in [0.2, 0.25) is 0 Å². The molecule has 3 heteroatoms. The summed E-state index contributed by atoms with van der Waals surface area (Å²) in [5.74, 6) is 1.01. The van der Waals surface area contributed by atoms with Gasteiger partial charge < -0.3 is 10.6 Å². The van der Waals surface area contributed by atoms with Crippen LogP contribution in [0.3, 0.4) is 0 Å². The average molecular weight is 563 g/mol. The summed E-state index contributed by atoms with van der Waals surface area (Å²) < 4.78 is 0. The minimum Gasteiger partial charge on any atom is -0.320 e. The van der Waals surface area contributed by atoms with E-state index in [0.29, 0.717) is 11.8 Å². The Bertz CT molecular complexity index is 1240. The first-order valence-electron chi connectivity index (χ1n) is 14.8. The molecule has 0 atom stereocenters. The van der Waals surface area contributed by atoms with Gasteiger partial charge in [-0.05, 0) is 97.4 Å². The Kier molecular flexibility index (Phi) is 11.6. The number of benzene rings is 4. The molecule has 0 fully saturated rings. The van der Waals surface area contributed by atoms with Crippen LogP contribution in [0.5, 0.6) is 0 Å². The van der Waals surface area contributed by atoms with Gasteiger partial charge in [0, 0.05) is 11.8 Å². The van der Waals surface area contributed by atoms with Crippen LogP contribution in [0.4, 0.5) is 0 Å². The van der Waals surface area contributed by atoms with Gasteiger partial charge in [-0.25, -0.2) is 0 Å². The van der Waals surface area contributed by atoms with Crippen molar-refractivity contribution in [1.82, 2.24) is 10.6 Å². The highest BCUT2D eigenvalue weighted by Gasteiger charge is 2.21. The maximum atomic E-state index is 3.26. The molecule has 0 spiro atoms. The van der Waals surface area contributed by atoms with E-state index in [1.54, 1.807) is 0 Å². The highest BCUT2D eigenvalue weighted by Crippen LogP contribution is 2.38. The van der Waals surface area contributed by atoms with Crippen LogP contribution in [0.25, 0.3) is 24.3 Å². The first kappa shape index (κ1) is 30.5. The lowest BCUT2D eigenvalue weighted by molar-refractivity contribution is 0.628. The Hall–Kier alpha value is -3.43. The zero-order valence-electron chi connectivity index (χ0n) is 24.4. The minimum atomic E-state index is 0. The zero-order valence-corrected chi connectivity index (χ0v) is 25.2. The Morgan fingerprint density at radius 2 is 0.707 bits per heavy atom. The van der Waals surface area contributed by atoms with Crippen LogP contribution in [0.1, 0.15) is 82.0 Å². The molecule has 4 aromatic carbocycles. The van der Waals surface area contributed by atoms with Gasteiger partial charge in [0.05, 0.1) is 0 Å². The third-order valence-electron chi connectivity index (χ3n) is 8.21. The summed E-state index contributed by atoms with van der Waals surface area (Å²) in [6, 6.07) is 35.2. The van der Waals surface area contributed by atoms with Crippen molar-refractivity contribution in [1.29, 1.82) is 0 Å². The molecule has 0 amide bonds. The van der Waals surface area contributed by atoms with Crippen molar-refractivity contribution in [3.63, 3.8) is 0 Å². The molecule has 2 nitrogen and oxygen atoms in total. The van der Waals surface area contributed by atoms with E-state index in [2.05, 4.69) is 132 Å². The van der Waals surface area contributed by atoms with E-state index < -0.39 is 0 Å². The van der Waals surface area contributed by atoms with E-state index in [1.807, 2.05) is 14.1 Å². The van der Waals surface area contributed by atoms with Gasteiger partial charge in [-0.2, -0.15) is 0 Å². The van der Waals surface area contributed by atoms with E-state index in [4.69, 9.17) is 0 Å². The number of hydrogen-bond acceptors (Lipinski definition) is 2. The average Bonchev–Trinajstić information content (AvgIpc) is 3.27. The lowest BCUT2D eigenvalue weighted by Gasteiger charge is -2.20. The molecule has 0 unspecified atom stereocenters. The van der Waals surface area contributed by atoms with Crippen molar-refractivity contribution in [3.05, 3.63) is 142 Å². The van der Waals surface area contributed by atoms with Crippen molar-refractivity contribution in [2.24, 2.45) is 0 Å². The van der Waals surface area contributed by atoms with Crippen molar-refractivity contribution < 1.29 is 0 Å². The summed E-state index contributed by atoms with van der Waals surface area (Å²) in [6.45, 7) is 2.16. The Balaban J connectivity index is 0.000000184. The summed E-state index contributed by atoms with van der Waals surface area (Å²) in [7, 11) is 4.05. The van der Waals surface area contributed by atoms with Crippen molar-refractivity contribution in [2.45, 2.75) is 37.5 Å². The molecule has 0 aromatic heterocycles. The first-order valence-corrected chi connectivity index (χ1v) is 14.8. The molecule has 0 radical (unpaired) electrons. The first-order chi connectivity index (χ1) is 19.8. The largest absolute Gasteiger partial charge is 0.320 e. The molecular formula is C38H43ClN2. The summed E-state index contributed by atoms with van der Waals surface area (Å²) in [5, 5.41) is 6.51. The molecule has 0 aliphatic heterocycles. The lowest BCUT2D eigenvalue weighted by atomic mass is 9.84. The highest BCUT2D eigenvalue weighted by molar-refractivity contribution is 5.85. The summed E-state index contributed by atoms with van der Waals surface area (Å²) >= 11 is 0. The third-order valence-corrected chi connectivity index (χ3v) is 8.21. The molecule has 0 saturated heterocycles. The molecular weight excluding hydrogens is 520 g/mol. The fourth-order valence-electron chi connectivity index (χ4n) is 6.20. The number of halogens is 1. The number of rotatable bonds is 8. The van der Waals surface area contributed by atoms with Gasteiger partial charge in [-0.3, -0.25) is 0 Å². The number of fused-ring (bicyclic) bond motifs is 4. The van der Waals surface area contributed by atoms with E-state index in [1.165, 1.54) is 70.2 Å². The molecule has 2 aliphatic rings. The Morgan fingerprint density at radius 3 is 0.976 bits per heavy atom. The second-order valence-corrected chi connectivity index (χ2v) is 10.8. The van der Waals surface area contributed by atoms with Gasteiger partial charge in [-0.1, -0.05) is 121 Å². The quantitative estimate of drug-likeness (QED) is 0.209. The molecule has 0 heterocycles. The number of hydrogen-bond donors (Lipinski definition) is 2. The lowest BCUT2D eigenvalue weighted by Crippen LogP contribution is -2.11. The van der Waals surface area contributed by atoms with Gasteiger partial charge in [0.15, 0.2) is 0 Å². The summed E-state index contributed by atoms with van der Waals surface area (Å²) in [5.41, 5.74) is 11.3. The minimum absolute atomic E-state index is 0. The second kappa shape index (κ2) is 15.5. The zero-order chi connectivity index (χ0) is 27.6. The van der Waals surface area contributed by atoms with Crippen LogP contribution in [-0.2, 0) is 0 Å². The molecule has 4 aromatic rings. The Morgan fingerprint density at radius 1 is 0.439 bits per heavy atom. The molecule has 0 bridgehead atoms. The molecule has 41 heavy (non-hydrogen) atoms. The predicted molar refractivity (Wildman–Crippen MR) is 181 cm³/mol. The summed E-state index contributed by atoms with van der Waals surface area (Å²) in [6.07, 6.45) is 13.8. The highest BCUT2D eigenvalue weighted by atomic mass is 35.5. The van der Waals surface area contributed by atoms with Crippen LogP contribution in [0.15, 0.2) is 97.1 Å². The molecule has 212 valence electrons. The topological polar surface area (TPSA) is 24.1 Å². The van der Waals surface area contributed by atoms with Crippen LogP contribution in [0, 0.1) is 0 Å². The smallest absolute Gasteiger partial charge is 0.0102 e. The van der Waals surface area contributed by atoms with Crippen molar-refractivity contribution in [3.8, 4) is 0 Å². The maximum absolute atomic E-state index is 3.26. The van der Waals surface area contributed by atoms with Gasteiger partial charge in [-0.15, -0.1) is 12.4 Å². The van der Waals surface area contributed by atoms with Gasteiger partial charge in [0.1, 0.15) is 0 Å². The number of nitrogens with one attached hydrogen (secondary N) is 2. The standard InChI is InChI=1S/2C19H21N.ClH/c2*1-20-14-6-11-19-17-9-4-2-7-15(17)12-13-16-8-3-5-10-18(16)19;/h2*2-5,7-10,12-13,19-20H,6,11,14H2,1H3;1H. The molecule has 6 rings (SSSR count). The van der Waals surface area contributed by atoms with E-state index in [9.17, 15) is 0 Å². The molecule has 2 aliphatic carbocycles. The maximum Gasteiger partial charge on any atom is 0.0102 e. The predicted octanol–water partition coefficient (Wildman–Crippen LogP) is 9.03. The fraction of sp³-hybridized carbons (Fsp3) is 0.263. The van der Waals surface area contributed by atoms with Crippen LogP contribution in [-0.4, -0.2) is 27.2 Å². The molecule has 2 N–H and O–H groups in total. The second-order valence-electron chi connectivity index (χ2n) is 10.8. The summed E-state index contributed by atoms with van der Waals surface area (Å²) in [4.78, 5) is 0. The monoisotopic (exact) mass is 562 g/mol. The van der Waals surface area contributed by atoms with Gasteiger partial charge in [0.25, 0.3) is 0 Å². The van der Waals surface area contributed by atoms with Crippen molar-refractivity contribution >= 4 is 36.7 Å². The van der Waals surface area contributed by atoms with E-state index >= 15 is 0 Å². The molecule has 0 saturated carbocycles. The third kappa shape index (κ3) is 7.45. The van der Waals surface area contributed by atoms with Crippen LogP contribution >= 0.6 is 12.4 Å². The normalized spacial score (nSPS) is 13.3.